The van der Waals surface area contributed by atoms with Crippen molar-refractivity contribution in [2.24, 2.45) is 0 Å². The molecule has 3 N–H and O–H groups in total. The van der Waals surface area contributed by atoms with Crippen LogP contribution in [0.5, 0.6) is 0 Å². The van der Waals surface area contributed by atoms with E-state index in [0.717, 1.165) is 16.8 Å². The zero-order valence-electron chi connectivity index (χ0n) is 12.6. The van der Waals surface area contributed by atoms with Crippen molar-refractivity contribution >= 4 is 17.3 Å². The molecule has 3 nitrogen and oxygen atoms in total. The van der Waals surface area contributed by atoms with Crippen molar-refractivity contribution in [3.8, 4) is 0 Å². The van der Waals surface area contributed by atoms with Gasteiger partial charge in [-0.05, 0) is 35.4 Å². The molecule has 0 radical (unpaired) electrons. The number of carbonyl (C=O) groups excluding carboxylic acids is 1. The molecule has 0 bridgehead atoms. The number of nitrogen functional groups attached to an aromatic ring is 1. The van der Waals surface area contributed by atoms with Crippen molar-refractivity contribution in [2.45, 2.75) is 5.92 Å². The number of carbonyl (C=O) groups is 1. The minimum absolute atomic E-state index is 0.0628. The fourth-order valence-corrected chi connectivity index (χ4v) is 2.57. The van der Waals surface area contributed by atoms with Gasteiger partial charge in [-0.25, -0.2) is 0 Å². The molecule has 0 heterocycles. The van der Waals surface area contributed by atoms with Gasteiger partial charge in [0.2, 0.25) is 5.91 Å². The quantitative estimate of drug-likeness (QED) is 0.715. The number of nitrogens with two attached hydrogens (primary N) is 1. The van der Waals surface area contributed by atoms with E-state index in [2.05, 4.69) is 5.32 Å². The van der Waals surface area contributed by atoms with E-state index in [1.54, 1.807) is 24.3 Å². The molecule has 3 rings (SSSR count). The summed E-state index contributed by atoms with van der Waals surface area (Å²) in [7, 11) is 0. The Bertz CT molecular complexity index is 728. The molecule has 3 aromatic rings. The molecule has 0 saturated carbocycles. The van der Waals surface area contributed by atoms with E-state index in [1.165, 1.54) is 0 Å². The second-order valence-electron chi connectivity index (χ2n) is 5.37. The molecule has 0 spiro atoms. The zero-order chi connectivity index (χ0) is 16.1. The van der Waals surface area contributed by atoms with Gasteiger partial charge in [-0.2, -0.15) is 0 Å². The summed E-state index contributed by atoms with van der Waals surface area (Å²) >= 11 is 0. The van der Waals surface area contributed by atoms with E-state index in [9.17, 15) is 4.79 Å². The van der Waals surface area contributed by atoms with Gasteiger partial charge in [0.1, 0.15) is 0 Å². The number of nitrogens with one attached hydrogen (secondary N) is 1. The van der Waals surface area contributed by atoms with Crippen LogP contribution in [0.1, 0.15) is 17.0 Å². The molecular formula is C20H18N2O. The maximum Gasteiger partial charge on any atom is 0.236 e. The molecule has 3 heteroatoms. The summed E-state index contributed by atoms with van der Waals surface area (Å²) < 4.78 is 0. The minimum atomic E-state index is -0.352. The van der Waals surface area contributed by atoms with Crippen LogP contribution in [0.25, 0.3) is 0 Å². The first-order chi connectivity index (χ1) is 11.2. The molecule has 0 aromatic heterocycles. The van der Waals surface area contributed by atoms with Crippen LogP contribution in [-0.4, -0.2) is 5.91 Å². The highest BCUT2D eigenvalue weighted by atomic mass is 16.1. The predicted octanol–water partition coefficient (Wildman–Crippen LogP) is 4.04. The van der Waals surface area contributed by atoms with E-state index < -0.39 is 0 Å². The van der Waals surface area contributed by atoms with Crippen molar-refractivity contribution in [3.05, 3.63) is 96.1 Å². The molecule has 0 aliphatic carbocycles. The first-order valence-corrected chi connectivity index (χ1v) is 7.50. The van der Waals surface area contributed by atoms with Gasteiger partial charge in [0.15, 0.2) is 0 Å². The van der Waals surface area contributed by atoms with Gasteiger partial charge in [-0.1, -0.05) is 60.7 Å². The van der Waals surface area contributed by atoms with Gasteiger partial charge in [0.25, 0.3) is 0 Å². The number of hydrogen-bond acceptors (Lipinski definition) is 2. The third-order valence-electron chi connectivity index (χ3n) is 3.71. The largest absolute Gasteiger partial charge is 0.399 e. The van der Waals surface area contributed by atoms with E-state index in [-0.39, 0.29) is 11.8 Å². The van der Waals surface area contributed by atoms with Crippen molar-refractivity contribution in [2.75, 3.05) is 11.1 Å². The van der Waals surface area contributed by atoms with Crippen molar-refractivity contribution in [1.29, 1.82) is 0 Å². The lowest BCUT2D eigenvalue weighted by Crippen LogP contribution is -2.22. The van der Waals surface area contributed by atoms with E-state index in [4.69, 9.17) is 5.73 Å². The number of amides is 1. The fraction of sp³-hybridized carbons (Fsp3) is 0.0500. The summed E-state index contributed by atoms with van der Waals surface area (Å²) in [5, 5.41) is 2.97. The van der Waals surface area contributed by atoms with Crippen LogP contribution < -0.4 is 11.1 Å². The number of benzene rings is 3. The summed E-state index contributed by atoms with van der Waals surface area (Å²) in [6, 6.07) is 26.7. The van der Waals surface area contributed by atoms with Gasteiger partial charge in [-0.15, -0.1) is 0 Å². The van der Waals surface area contributed by atoms with Gasteiger partial charge < -0.3 is 11.1 Å². The Morgan fingerprint density at radius 1 is 0.739 bits per heavy atom. The van der Waals surface area contributed by atoms with Crippen LogP contribution in [0, 0.1) is 0 Å². The Balaban J connectivity index is 1.92. The molecule has 0 atom stereocenters. The molecule has 1 amide bonds. The highest BCUT2D eigenvalue weighted by Crippen LogP contribution is 2.26. The monoisotopic (exact) mass is 302 g/mol. The average Bonchev–Trinajstić information content (AvgIpc) is 2.59. The SMILES string of the molecule is Nc1ccc(NC(=O)C(c2ccccc2)c2ccccc2)cc1. The summed E-state index contributed by atoms with van der Waals surface area (Å²) in [4.78, 5) is 12.9. The maximum atomic E-state index is 12.9. The van der Waals surface area contributed by atoms with Gasteiger partial charge >= 0.3 is 0 Å². The lowest BCUT2D eigenvalue weighted by atomic mass is 9.90. The summed E-state index contributed by atoms with van der Waals surface area (Å²) in [6.45, 7) is 0. The second-order valence-corrected chi connectivity index (χ2v) is 5.37. The van der Waals surface area contributed by atoms with Crippen molar-refractivity contribution in [1.82, 2.24) is 0 Å². The Morgan fingerprint density at radius 2 is 1.22 bits per heavy atom. The smallest absolute Gasteiger partial charge is 0.236 e. The summed E-state index contributed by atoms with van der Waals surface area (Å²) in [5.74, 6) is -0.415. The zero-order valence-corrected chi connectivity index (χ0v) is 12.6. The van der Waals surface area contributed by atoms with Crippen LogP contribution in [0.3, 0.4) is 0 Å². The fourth-order valence-electron chi connectivity index (χ4n) is 2.57. The number of rotatable bonds is 4. The van der Waals surface area contributed by atoms with Crippen LogP contribution in [0.2, 0.25) is 0 Å². The first-order valence-electron chi connectivity index (χ1n) is 7.50. The average molecular weight is 302 g/mol. The topological polar surface area (TPSA) is 55.1 Å². The van der Waals surface area contributed by atoms with E-state index in [0.29, 0.717) is 5.69 Å². The Labute approximate surface area is 135 Å². The summed E-state index contributed by atoms with van der Waals surface area (Å²) in [5.41, 5.74) is 9.02. The first kappa shape index (κ1) is 14.9. The third kappa shape index (κ3) is 3.58. The molecule has 0 saturated heterocycles. The van der Waals surface area contributed by atoms with Gasteiger partial charge in [-0.3, -0.25) is 4.79 Å². The Morgan fingerprint density at radius 3 is 1.70 bits per heavy atom. The Hall–Kier alpha value is -3.07. The summed E-state index contributed by atoms with van der Waals surface area (Å²) in [6.07, 6.45) is 0. The van der Waals surface area contributed by atoms with E-state index >= 15 is 0 Å². The second kappa shape index (κ2) is 6.79. The maximum absolute atomic E-state index is 12.9. The molecule has 0 aliphatic rings. The van der Waals surface area contributed by atoms with Crippen LogP contribution in [0.4, 0.5) is 11.4 Å². The number of anilines is 2. The highest BCUT2D eigenvalue weighted by Gasteiger charge is 2.22. The van der Waals surface area contributed by atoms with Crippen LogP contribution >= 0.6 is 0 Å². The molecular weight excluding hydrogens is 284 g/mol. The molecule has 0 aliphatic heterocycles. The molecule has 114 valence electrons. The van der Waals surface area contributed by atoms with Gasteiger partial charge in [0, 0.05) is 11.4 Å². The van der Waals surface area contributed by atoms with E-state index in [1.807, 2.05) is 60.7 Å². The highest BCUT2D eigenvalue weighted by molar-refractivity contribution is 5.98. The lowest BCUT2D eigenvalue weighted by molar-refractivity contribution is -0.116. The van der Waals surface area contributed by atoms with Crippen molar-refractivity contribution < 1.29 is 4.79 Å². The normalized spacial score (nSPS) is 10.5. The molecule has 23 heavy (non-hydrogen) atoms. The van der Waals surface area contributed by atoms with Gasteiger partial charge in [0.05, 0.1) is 5.92 Å². The number of hydrogen-bond donors (Lipinski definition) is 2. The van der Waals surface area contributed by atoms with Crippen LogP contribution in [0.15, 0.2) is 84.9 Å². The molecule has 0 unspecified atom stereocenters. The van der Waals surface area contributed by atoms with Crippen molar-refractivity contribution in [3.63, 3.8) is 0 Å². The molecule has 0 fully saturated rings. The van der Waals surface area contributed by atoms with Crippen LogP contribution in [-0.2, 0) is 4.79 Å². The standard InChI is InChI=1S/C20H18N2O/c21-17-11-13-18(14-12-17)22-20(23)19(15-7-3-1-4-8-15)16-9-5-2-6-10-16/h1-14,19H,21H2,(H,22,23). The minimum Gasteiger partial charge on any atom is -0.399 e. The Kier molecular flexibility index (Phi) is 4.39. The lowest BCUT2D eigenvalue weighted by Gasteiger charge is -2.18. The predicted molar refractivity (Wildman–Crippen MR) is 94.2 cm³/mol. The third-order valence-corrected chi connectivity index (χ3v) is 3.71. The molecule has 3 aromatic carbocycles.